The number of aromatic nitrogens is 1. The highest BCUT2D eigenvalue weighted by atomic mass is 16.3. The molecule has 0 N–H and O–H groups in total. The Morgan fingerprint density at radius 1 is 0.692 bits per heavy atom. The second-order valence-electron chi connectivity index (χ2n) is 6.58. The predicted octanol–water partition coefficient (Wildman–Crippen LogP) is 5.46. The van der Waals surface area contributed by atoms with Crippen molar-refractivity contribution in [3.05, 3.63) is 89.4 Å². The van der Waals surface area contributed by atoms with E-state index in [0.717, 1.165) is 49.3 Å². The zero-order chi connectivity index (χ0) is 17.3. The van der Waals surface area contributed by atoms with Crippen molar-refractivity contribution in [3.63, 3.8) is 0 Å². The summed E-state index contributed by atoms with van der Waals surface area (Å²) < 4.78 is 7.72. The van der Waals surface area contributed by atoms with E-state index in [1.165, 1.54) is 0 Å². The number of nitrogens with zero attached hydrogens (tertiary/aromatic N) is 1. The molecule has 3 nitrogen and oxygen atoms in total. The van der Waals surface area contributed by atoms with E-state index in [4.69, 9.17) is 4.42 Å². The molecular formula is C23H13NO2. The Balaban J connectivity index is 1.94. The predicted molar refractivity (Wildman–Crippen MR) is 105 cm³/mol. The van der Waals surface area contributed by atoms with Crippen LogP contribution in [0.1, 0.15) is 0 Å². The van der Waals surface area contributed by atoms with E-state index in [2.05, 4.69) is 18.2 Å². The number of fused-ring (bicyclic) bond motifs is 5. The summed E-state index contributed by atoms with van der Waals surface area (Å²) in [7, 11) is 0. The Kier molecular flexibility index (Phi) is 2.49. The monoisotopic (exact) mass is 335 g/mol. The number of pyridine rings is 1. The van der Waals surface area contributed by atoms with E-state index in [1.807, 2.05) is 54.6 Å². The maximum atomic E-state index is 13.2. The molecule has 0 unspecified atom stereocenters. The number of para-hydroxylation sites is 1. The van der Waals surface area contributed by atoms with Gasteiger partial charge in [0.2, 0.25) is 0 Å². The summed E-state index contributed by atoms with van der Waals surface area (Å²) in [5.74, 6) is 0.806. The standard InChI is InChI=1S/C23H13NO2/c25-23-17-10-5-4-9-15(17)16-11-6-12-18-20-19(24(23)21(16)18)13-26-22(20)14-7-2-1-3-8-14/h1-13H. The quantitative estimate of drug-likeness (QED) is 0.374. The Morgan fingerprint density at radius 2 is 1.38 bits per heavy atom. The number of hydrogen-bond donors (Lipinski definition) is 0. The molecule has 0 radical (unpaired) electrons. The Labute approximate surface area is 148 Å². The Morgan fingerprint density at radius 3 is 2.23 bits per heavy atom. The molecule has 0 amide bonds. The molecule has 0 aliphatic carbocycles. The molecule has 6 rings (SSSR count). The molecule has 3 aromatic heterocycles. The molecule has 26 heavy (non-hydrogen) atoms. The fourth-order valence-corrected chi connectivity index (χ4v) is 4.14. The van der Waals surface area contributed by atoms with Gasteiger partial charge in [-0.3, -0.25) is 9.20 Å². The largest absolute Gasteiger partial charge is 0.461 e. The molecule has 0 fully saturated rings. The average Bonchev–Trinajstić information content (AvgIpc) is 3.26. The van der Waals surface area contributed by atoms with Gasteiger partial charge in [-0.15, -0.1) is 0 Å². The summed E-state index contributed by atoms with van der Waals surface area (Å²) in [6.07, 6.45) is 1.70. The van der Waals surface area contributed by atoms with Gasteiger partial charge in [-0.2, -0.15) is 0 Å². The molecule has 122 valence electrons. The topological polar surface area (TPSA) is 34.6 Å². The van der Waals surface area contributed by atoms with Crippen LogP contribution in [0.2, 0.25) is 0 Å². The molecule has 0 spiro atoms. The molecule has 3 aromatic carbocycles. The maximum Gasteiger partial charge on any atom is 0.263 e. The van der Waals surface area contributed by atoms with E-state index in [-0.39, 0.29) is 5.56 Å². The maximum absolute atomic E-state index is 13.2. The summed E-state index contributed by atoms with van der Waals surface area (Å²) in [6, 6.07) is 24.0. The van der Waals surface area contributed by atoms with Crippen LogP contribution in [0.3, 0.4) is 0 Å². The second-order valence-corrected chi connectivity index (χ2v) is 6.58. The summed E-state index contributed by atoms with van der Waals surface area (Å²) in [6.45, 7) is 0. The van der Waals surface area contributed by atoms with Crippen LogP contribution in [-0.4, -0.2) is 4.40 Å². The summed E-state index contributed by atoms with van der Waals surface area (Å²) in [4.78, 5) is 13.2. The normalized spacial score (nSPS) is 12.0. The van der Waals surface area contributed by atoms with Crippen molar-refractivity contribution in [1.29, 1.82) is 0 Å². The molecule has 0 saturated carbocycles. The third-order valence-electron chi connectivity index (χ3n) is 5.23. The van der Waals surface area contributed by atoms with Crippen LogP contribution in [0, 0.1) is 0 Å². The summed E-state index contributed by atoms with van der Waals surface area (Å²) in [5.41, 5.74) is 2.80. The zero-order valence-electron chi connectivity index (χ0n) is 13.8. The molecule has 0 atom stereocenters. The van der Waals surface area contributed by atoms with Gasteiger partial charge in [0.25, 0.3) is 5.56 Å². The highest BCUT2D eigenvalue weighted by Gasteiger charge is 2.21. The van der Waals surface area contributed by atoms with Gasteiger partial charge in [-0.1, -0.05) is 66.7 Å². The lowest BCUT2D eigenvalue weighted by atomic mass is 10.0. The van der Waals surface area contributed by atoms with Crippen LogP contribution in [0.25, 0.3) is 49.3 Å². The van der Waals surface area contributed by atoms with Crippen LogP contribution >= 0.6 is 0 Å². The SMILES string of the molecule is O=c1c2ccccc2c2cccc3c4c(-c5ccccc5)occ4n1c23. The van der Waals surface area contributed by atoms with Crippen LogP contribution in [0.5, 0.6) is 0 Å². The van der Waals surface area contributed by atoms with Crippen LogP contribution in [0.4, 0.5) is 0 Å². The highest BCUT2D eigenvalue weighted by Crippen LogP contribution is 2.40. The molecular weight excluding hydrogens is 322 g/mol. The first kappa shape index (κ1) is 13.7. The van der Waals surface area contributed by atoms with Gasteiger partial charge >= 0.3 is 0 Å². The van der Waals surface area contributed by atoms with Crippen LogP contribution < -0.4 is 5.56 Å². The van der Waals surface area contributed by atoms with Crippen molar-refractivity contribution < 1.29 is 4.42 Å². The van der Waals surface area contributed by atoms with Gasteiger partial charge in [-0.25, -0.2) is 0 Å². The third-order valence-corrected chi connectivity index (χ3v) is 5.23. The first-order valence-corrected chi connectivity index (χ1v) is 8.59. The van der Waals surface area contributed by atoms with E-state index in [0.29, 0.717) is 0 Å². The zero-order valence-corrected chi connectivity index (χ0v) is 13.8. The van der Waals surface area contributed by atoms with E-state index >= 15 is 0 Å². The minimum Gasteiger partial charge on any atom is -0.461 e. The van der Waals surface area contributed by atoms with Crippen molar-refractivity contribution in [1.82, 2.24) is 4.40 Å². The van der Waals surface area contributed by atoms with E-state index in [1.54, 1.807) is 10.7 Å². The molecule has 0 aliphatic heterocycles. The highest BCUT2D eigenvalue weighted by molar-refractivity contribution is 6.22. The van der Waals surface area contributed by atoms with Crippen molar-refractivity contribution in [3.8, 4) is 11.3 Å². The number of hydrogen-bond acceptors (Lipinski definition) is 2. The van der Waals surface area contributed by atoms with Gasteiger partial charge in [0.15, 0.2) is 0 Å². The smallest absolute Gasteiger partial charge is 0.263 e. The summed E-state index contributed by atoms with van der Waals surface area (Å²) >= 11 is 0. The number of benzene rings is 3. The first-order valence-electron chi connectivity index (χ1n) is 8.59. The second kappa shape index (κ2) is 4.73. The molecule has 3 heteroatoms. The minimum atomic E-state index is -0.000267. The van der Waals surface area contributed by atoms with Crippen LogP contribution in [0.15, 0.2) is 88.3 Å². The lowest BCUT2D eigenvalue weighted by molar-refractivity contribution is 0.586. The summed E-state index contributed by atoms with van der Waals surface area (Å²) in [5, 5.41) is 4.86. The van der Waals surface area contributed by atoms with Crippen molar-refractivity contribution >= 4 is 38.0 Å². The van der Waals surface area contributed by atoms with Gasteiger partial charge in [0, 0.05) is 21.7 Å². The van der Waals surface area contributed by atoms with E-state index < -0.39 is 0 Å². The molecule has 0 bridgehead atoms. The molecule has 6 aromatic rings. The number of furan rings is 1. The van der Waals surface area contributed by atoms with Gasteiger partial charge < -0.3 is 4.42 Å². The number of rotatable bonds is 1. The van der Waals surface area contributed by atoms with Crippen LogP contribution in [-0.2, 0) is 0 Å². The van der Waals surface area contributed by atoms with Gasteiger partial charge in [-0.05, 0) is 11.5 Å². The van der Waals surface area contributed by atoms with E-state index in [9.17, 15) is 4.79 Å². The average molecular weight is 335 g/mol. The lowest BCUT2D eigenvalue weighted by Gasteiger charge is -2.05. The fourth-order valence-electron chi connectivity index (χ4n) is 4.14. The third kappa shape index (κ3) is 1.55. The fraction of sp³-hybridized carbons (Fsp3) is 0. The molecule has 0 saturated heterocycles. The van der Waals surface area contributed by atoms with Crippen molar-refractivity contribution in [2.24, 2.45) is 0 Å². The first-order chi connectivity index (χ1) is 12.8. The Hall–Kier alpha value is -3.59. The van der Waals surface area contributed by atoms with Crippen molar-refractivity contribution in [2.45, 2.75) is 0 Å². The van der Waals surface area contributed by atoms with Gasteiger partial charge in [0.1, 0.15) is 12.0 Å². The molecule has 0 aliphatic rings. The Bertz CT molecular complexity index is 1490. The lowest BCUT2D eigenvalue weighted by Crippen LogP contribution is -2.12. The van der Waals surface area contributed by atoms with Gasteiger partial charge in [0.05, 0.1) is 16.4 Å². The van der Waals surface area contributed by atoms with Crippen molar-refractivity contribution in [2.75, 3.05) is 0 Å². The molecule has 3 heterocycles. The minimum absolute atomic E-state index is 0.000267.